The van der Waals surface area contributed by atoms with E-state index in [1.54, 1.807) is 17.1 Å². The molecule has 0 aliphatic carbocycles. The molecule has 20 heavy (non-hydrogen) atoms. The van der Waals surface area contributed by atoms with Crippen LogP contribution in [0.3, 0.4) is 0 Å². The van der Waals surface area contributed by atoms with Crippen LogP contribution in [0.4, 0.5) is 5.95 Å². The second kappa shape index (κ2) is 5.57. The van der Waals surface area contributed by atoms with Crippen LogP contribution in [0.1, 0.15) is 13.8 Å². The first-order chi connectivity index (χ1) is 9.65. The Morgan fingerprint density at radius 1 is 1.25 bits per heavy atom. The lowest BCUT2D eigenvalue weighted by Crippen LogP contribution is -2.45. The second-order valence-corrected chi connectivity index (χ2v) is 6.49. The minimum atomic E-state index is 0.193. The third-order valence-electron chi connectivity index (χ3n) is 3.43. The zero-order valence-corrected chi connectivity index (χ0v) is 12.8. The fraction of sp³-hybridized carbons (Fsp3) is 0.500. The summed E-state index contributed by atoms with van der Waals surface area (Å²) < 4.78 is 1.59. The highest BCUT2D eigenvalue weighted by atomic mass is 35.5. The molecule has 3 rings (SSSR count). The van der Waals surface area contributed by atoms with Crippen molar-refractivity contribution < 1.29 is 0 Å². The van der Waals surface area contributed by atoms with E-state index >= 15 is 0 Å². The van der Waals surface area contributed by atoms with Crippen molar-refractivity contribution in [1.29, 1.82) is 0 Å². The molecular weight excluding hydrogens is 296 g/mol. The Kier molecular flexibility index (Phi) is 3.80. The molecule has 1 aliphatic heterocycles. The number of aromatic nitrogens is 5. The topological polar surface area (TPSA) is 59.7 Å². The second-order valence-electron chi connectivity index (χ2n) is 4.66. The van der Waals surface area contributed by atoms with Gasteiger partial charge in [-0.15, -0.1) is 0 Å². The predicted molar refractivity (Wildman–Crippen MR) is 80.7 cm³/mol. The molecule has 2 atom stereocenters. The van der Waals surface area contributed by atoms with Gasteiger partial charge in [-0.05, 0) is 24.6 Å². The Labute approximate surface area is 126 Å². The van der Waals surface area contributed by atoms with Crippen molar-refractivity contribution in [3.63, 3.8) is 0 Å². The predicted octanol–water partition coefficient (Wildman–Crippen LogP) is 2.04. The molecule has 0 amide bonds. The Morgan fingerprint density at radius 3 is 2.80 bits per heavy atom. The van der Waals surface area contributed by atoms with Gasteiger partial charge in [0.25, 0.3) is 5.95 Å². The van der Waals surface area contributed by atoms with Crippen molar-refractivity contribution in [2.75, 3.05) is 17.2 Å². The van der Waals surface area contributed by atoms with E-state index in [-0.39, 0.29) is 5.28 Å². The molecule has 8 heteroatoms. The first-order valence-corrected chi connectivity index (χ1v) is 7.87. The molecule has 0 saturated carbocycles. The smallest absolute Gasteiger partial charge is 0.256 e. The minimum absolute atomic E-state index is 0.193. The van der Waals surface area contributed by atoms with Gasteiger partial charge in [-0.1, -0.05) is 6.92 Å². The molecule has 1 fully saturated rings. The van der Waals surface area contributed by atoms with Crippen LogP contribution in [0.25, 0.3) is 5.95 Å². The van der Waals surface area contributed by atoms with Crippen molar-refractivity contribution in [2.24, 2.45) is 0 Å². The van der Waals surface area contributed by atoms with Gasteiger partial charge in [-0.2, -0.15) is 31.8 Å². The Bertz CT molecular complexity index is 590. The molecule has 2 unspecified atom stereocenters. The van der Waals surface area contributed by atoms with Crippen LogP contribution in [0.5, 0.6) is 0 Å². The first-order valence-electron chi connectivity index (χ1n) is 6.45. The molecule has 1 saturated heterocycles. The fourth-order valence-corrected chi connectivity index (χ4v) is 3.41. The molecule has 2 aromatic rings. The molecule has 3 heterocycles. The van der Waals surface area contributed by atoms with Crippen molar-refractivity contribution in [1.82, 2.24) is 24.7 Å². The van der Waals surface area contributed by atoms with Crippen LogP contribution < -0.4 is 4.90 Å². The largest absolute Gasteiger partial charge is 0.336 e. The van der Waals surface area contributed by atoms with Gasteiger partial charge >= 0.3 is 0 Å². The highest BCUT2D eigenvalue weighted by molar-refractivity contribution is 8.00. The number of anilines is 1. The Balaban J connectivity index is 1.97. The van der Waals surface area contributed by atoms with E-state index in [4.69, 9.17) is 11.6 Å². The molecule has 0 spiro atoms. The van der Waals surface area contributed by atoms with Gasteiger partial charge in [0.2, 0.25) is 11.2 Å². The van der Waals surface area contributed by atoms with Gasteiger partial charge in [0.1, 0.15) is 0 Å². The van der Waals surface area contributed by atoms with Gasteiger partial charge in [0, 0.05) is 36.0 Å². The summed E-state index contributed by atoms with van der Waals surface area (Å²) in [6.07, 6.45) is 3.47. The average molecular weight is 311 g/mol. The molecule has 106 valence electrons. The molecule has 0 radical (unpaired) electrons. The molecular formula is C12H15ClN6S. The Morgan fingerprint density at radius 2 is 2.05 bits per heavy atom. The van der Waals surface area contributed by atoms with E-state index in [0.29, 0.717) is 23.2 Å². The van der Waals surface area contributed by atoms with Gasteiger partial charge in [0.15, 0.2) is 0 Å². The van der Waals surface area contributed by atoms with E-state index in [2.05, 4.69) is 38.8 Å². The van der Waals surface area contributed by atoms with E-state index in [1.807, 2.05) is 17.8 Å². The number of hydrogen-bond acceptors (Lipinski definition) is 6. The number of nitrogens with zero attached hydrogens (tertiary/aromatic N) is 6. The van der Waals surface area contributed by atoms with Crippen LogP contribution in [0.2, 0.25) is 5.28 Å². The summed E-state index contributed by atoms with van der Waals surface area (Å²) in [6, 6.07) is 2.18. The van der Waals surface area contributed by atoms with Crippen molar-refractivity contribution in [3.8, 4) is 5.95 Å². The normalized spacial score (nSPS) is 23.1. The lowest BCUT2D eigenvalue weighted by atomic mass is 10.2. The first kappa shape index (κ1) is 13.6. The van der Waals surface area contributed by atoms with Crippen molar-refractivity contribution >= 4 is 29.3 Å². The maximum absolute atomic E-state index is 6.04. The maximum atomic E-state index is 6.04. The summed E-state index contributed by atoms with van der Waals surface area (Å²) in [6.45, 7) is 5.32. The number of rotatable bonds is 2. The number of halogens is 1. The third kappa shape index (κ3) is 2.60. The number of hydrogen-bond donors (Lipinski definition) is 0. The zero-order valence-electron chi connectivity index (χ0n) is 11.3. The van der Waals surface area contributed by atoms with Gasteiger partial charge in [-0.25, -0.2) is 4.68 Å². The number of thioether (sulfide) groups is 1. The van der Waals surface area contributed by atoms with Crippen LogP contribution in [0.15, 0.2) is 18.5 Å². The van der Waals surface area contributed by atoms with E-state index in [0.717, 1.165) is 12.3 Å². The van der Waals surface area contributed by atoms with Gasteiger partial charge in [-0.3, -0.25) is 0 Å². The quantitative estimate of drug-likeness (QED) is 0.846. The summed E-state index contributed by atoms with van der Waals surface area (Å²) in [5.74, 6) is 2.13. The zero-order chi connectivity index (χ0) is 14.1. The van der Waals surface area contributed by atoms with Crippen LogP contribution in [0, 0.1) is 0 Å². The summed E-state index contributed by atoms with van der Waals surface area (Å²) in [4.78, 5) is 15.1. The third-order valence-corrected chi connectivity index (χ3v) is 4.94. The van der Waals surface area contributed by atoms with Crippen molar-refractivity contribution in [3.05, 3.63) is 23.7 Å². The fourth-order valence-electron chi connectivity index (χ4n) is 2.16. The summed E-state index contributed by atoms with van der Waals surface area (Å²) in [5.41, 5.74) is 0. The standard InChI is InChI=1S/C12H15ClN6S/c1-8-9(2)20-7-6-18(8)11-15-10(13)16-12(17-11)19-5-3-4-14-19/h3-5,8-9H,6-7H2,1-2H3. The molecule has 2 aromatic heterocycles. The molecule has 0 bridgehead atoms. The SMILES string of the molecule is CC1SCCN(c2nc(Cl)nc(-n3cccn3)n2)C1C. The molecule has 0 N–H and O–H groups in total. The van der Waals surface area contributed by atoms with Crippen molar-refractivity contribution in [2.45, 2.75) is 25.1 Å². The lowest BCUT2D eigenvalue weighted by Gasteiger charge is -2.37. The monoisotopic (exact) mass is 310 g/mol. The minimum Gasteiger partial charge on any atom is -0.336 e. The average Bonchev–Trinajstić information content (AvgIpc) is 2.95. The highest BCUT2D eigenvalue weighted by Crippen LogP contribution is 2.27. The molecule has 6 nitrogen and oxygen atoms in total. The van der Waals surface area contributed by atoms with E-state index in [9.17, 15) is 0 Å². The molecule has 1 aliphatic rings. The van der Waals surface area contributed by atoms with Gasteiger partial charge in [0.05, 0.1) is 0 Å². The lowest BCUT2D eigenvalue weighted by molar-refractivity contribution is 0.607. The highest BCUT2D eigenvalue weighted by Gasteiger charge is 2.27. The maximum Gasteiger partial charge on any atom is 0.256 e. The summed E-state index contributed by atoms with van der Waals surface area (Å²) in [7, 11) is 0. The van der Waals surface area contributed by atoms with E-state index in [1.165, 1.54) is 0 Å². The van der Waals surface area contributed by atoms with Gasteiger partial charge < -0.3 is 4.90 Å². The van der Waals surface area contributed by atoms with E-state index < -0.39 is 0 Å². The molecule has 0 aromatic carbocycles. The van der Waals surface area contributed by atoms with Crippen LogP contribution in [-0.4, -0.2) is 48.3 Å². The van der Waals surface area contributed by atoms with Crippen LogP contribution in [-0.2, 0) is 0 Å². The van der Waals surface area contributed by atoms with Crippen LogP contribution >= 0.6 is 23.4 Å². The summed E-state index contributed by atoms with van der Waals surface area (Å²) in [5, 5.41) is 4.86. The Hall–Kier alpha value is -1.34. The summed E-state index contributed by atoms with van der Waals surface area (Å²) >= 11 is 8.00.